The van der Waals surface area contributed by atoms with E-state index >= 15 is 0 Å². The first kappa shape index (κ1) is 12.8. The van der Waals surface area contributed by atoms with Crippen LogP contribution in [0.5, 0.6) is 0 Å². The molecule has 1 saturated carbocycles. The second-order valence-corrected chi connectivity index (χ2v) is 6.41. The summed E-state index contributed by atoms with van der Waals surface area (Å²) < 4.78 is 0. The zero-order valence-electron chi connectivity index (χ0n) is 11.5. The Morgan fingerprint density at radius 2 is 2.11 bits per heavy atom. The van der Waals surface area contributed by atoms with E-state index in [9.17, 15) is 0 Å². The van der Waals surface area contributed by atoms with Gasteiger partial charge >= 0.3 is 0 Å². The van der Waals surface area contributed by atoms with E-state index in [2.05, 4.69) is 48.4 Å². The van der Waals surface area contributed by atoms with Crippen LogP contribution in [0.15, 0.2) is 35.8 Å². The molecule has 1 aliphatic rings. The highest BCUT2D eigenvalue weighted by molar-refractivity contribution is 7.09. The molecule has 100 valence electrons. The van der Waals surface area contributed by atoms with Crippen LogP contribution in [-0.2, 0) is 0 Å². The molecule has 1 aromatic heterocycles. The van der Waals surface area contributed by atoms with Gasteiger partial charge < -0.3 is 5.32 Å². The van der Waals surface area contributed by atoms with Crippen molar-refractivity contribution in [3.63, 3.8) is 0 Å². The molecular weight excluding hydrogens is 252 g/mol. The van der Waals surface area contributed by atoms with Gasteiger partial charge in [0.1, 0.15) is 5.01 Å². The first-order chi connectivity index (χ1) is 9.24. The van der Waals surface area contributed by atoms with E-state index in [0.717, 1.165) is 5.92 Å². The van der Waals surface area contributed by atoms with Crippen molar-refractivity contribution in [3.05, 3.63) is 52.0 Å². The number of nitrogens with zero attached hydrogens (tertiary/aromatic N) is 1. The molecule has 1 unspecified atom stereocenters. The minimum absolute atomic E-state index is 0.378. The van der Waals surface area contributed by atoms with Crippen molar-refractivity contribution >= 4 is 11.3 Å². The van der Waals surface area contributed by atoms with Crippen molar-refractivity contribution in [2.75, 3.05) is 0 Å². The molecule has 1 aliphatic carbocycles. The number of rotatable bonds is 4. The molecule has 2 nitrogen and oxygen atoms in total. The molecule has 19 heavy (non-hydrogen) atoms. The summed E-state index contributed by atoms with van der Waals surface area (Å²) in [5.74, 6) is 0.738. The molecule has 0 amide bonds. The lowest BCUT2D eigenvalue weighted by atomic mass is 9.74. The molecule has 0 bridgehead atoms. The molecule has 2 aromatic rings. The topological polar surface area (TPSA) is 24.9 Å². The van der Waals surface area contributed by atoms with Gasteiger partial charge in [-0.05, 0) is 43.7 Å². The van der Waals surface area contributed by atoms with E-state index in [1.54, 1.807) is 11.3 Å². The SMILES string of the molecule is Cc1ccccc1C1CC(NC(C)c2nccs2)C1. The van der Waals surface area contributed by atoms with E-state index in [1.807, 2.05) is 11.6 Å². The minimum atomic E-state index is 0.378. The van der Waals surface area contributed by atoms with E-state index in [-0.39, 0.29) is 0 Å². The molecule has 1 fully saturated rings. The lowest BCUT2D eigenvalue weighted by Crippen LogP contribution is -2.41. The molecule has 1 N–H and O–H groups in total. The Kier molecular flexibility index (Phi) is 3.67. The van der Waals surface area contributed by atoms with Gasteiger partial charge in [0.15, 0.2) is 0 Å². The lowest BCUT2D eigenvalue weighted by molar-refractivity contribution is 0.270. The van der Waals surface area contributed by atoms with Gasteiger partial charge in [0.05, 0.1) is 6.04 Å². The Morgan fingerprint density at radius 3 is 2.79 bits per heavy atom. The summed E-state index contributed by atoms with van der Waals surface area (Å²) in [6, 6.07) is 9.79. The van der Waals surface area contributed by atoms with Gasteiger partial charge in [-0.15, -0.1) is 11.3 Å². The summed E-state index contributed by atoms with van der Waals surface area (Å²) in [4.78, 5) is 4.37. The first-order valence-corrected chi connectivity index (χ1v) is 7.83. The highest BCUT2D eigenvalue weighted by Crippen LogP contribution is 2.39. The predicted octanol–water partition coefficient (Wildman–Crippen LogP) is 4.05. The summed E-state index contributed by atoms with van der Waals surface area (Å²) >= 11 is 1.73. The van der Waals surface area contributed by atoms with Gasteiger partial charge in [0, 0.05) is 17.6 Å². The van der Waals surface area contributed by atoms with Gasteiger partial charge in [-0.3, -0.25) is 0 Å². The average molecular weight is 272 g/mol. The number of hydrogen-bond acceptors (Lipinski definition) is 3. The predicted molar refractivity (Wildman–Crippen MR) is 80.6 cm³/mol. The standard InChI is InChI=1S/C16H20N2S/c1-11-5-3-4-6-15(11)13-9-14(10-13)18-12(2)16-17-7-8-19-16/h3-8,12-14,18H,9-10H2,1-2H3. The molecule has 1 aromatic carbocycles. The monoisotopic (exact) mass is 272 g/mol. The maximum atomic E-state index is 4.37. The highest BCUT2D eigenvalue weighted by Gasteiger charge is 2.32. The van der Waals surface area contributed by atoms with Gasteiger partial charge in [-0.1, -0.05) is 24.3 Å². The maximum absolute atomic E-state index is 4.37. The van der Waals surface area contributed by atoms with E-state index in [4.69, 9.17) is 0 Å². The third kappa shape index (κ3) is 2.72. The largest absolute Gasteiger partial charge is 0.305 e. The van der Waals surface area contributed by atoms with Gasteiger partial charge in [-0.25, -0.2) is 4.98 Å². The summed E-state index contributed by atoms with van der Waals surface area (Å²) in [5, 5.41) is 6.93. The van der Waals surface area contributed by atoms with Crippen molar-refractivity contribution < 1.29 is 0 Å². The average Bonchev–Trinajstić information content (AvgIpc) is 2.88. The van der Waals surface area contributed by atoms with Crippen LogP contribution in [-0.4, -0.2) is 11.0 Å². The molecule has 0 saturated heterocycles. The molecule has 0 aliphatic heterocycles. The smallest absolute Gasteiger partial charge is 0.109 e. The fourth-order valence-electron chi connectivity index (χ4n) is 2.93. The minimum Gasteiger partial charge on any atom is -0.305 e. The maximum Gasteiger partial charge on any atom is 0.109 e. The Morgan fingerprint density at radius 1 is 1.32 bits per heavy atom. The van der Waals surface area contributed by atoms with Crippen LogP contribution in [0.1, 0.15) is 47.9 Å². The second-order valence-electron chi connectivity index (χ2n) is 5.48. The van der Waals surface area contributed by atoms with Gasteiger partial charge in [-0.2, -0.15) is 0 Å². The summed E-state index contributed by atoms with van der Waals surface area (Å²) in [7, 11) is 0. The summed E-state index contributed by atoms with van der Waals surface area (Å²) in [6.07, 6.45) is 4.39. The Labute approximate surface area is 118 Å². The number of hydrogen-bond donors (Lipinski definition) is 1. The van der Waals surface area contributed by atoms with Crippen molar-refractivity contribution in [2.24, 2.45) is 0 Å². The van der Waals surface area contributed by atoms with Crippen LogP contribution in [0.2, 0.25) is 0 Å². The van der Waals surface area contributed by atoms with Crippen LogP contribution >= 0.6 is 11.3 Å². The number of aryl methyl sites for hydroxylation is 1. The Balaban J connectivity index is 1.55. The second kappa shape index (κ2) is 5.43. The van der Waals surface area contributed by atoms with E-state index < -0.39 is 0 Å². The zero-order valence-corrected chi connectivity index (χ0v) is 12.3. The first-order valence-electron chi connectivity index (χ1n) is 6.95. The molecular formula is C16H20N2S. The summed E-state index contributed by atoms with van der Waals surface area (Å²) in [6.45, 7) is 4.42. The highest BCUT2D eigenvalue weighted by atomic mass is 32.1. The molecule has 3 rings (SSSR count). The fourth-order valence-corrected chi connectivity index (χ4v) is 3.58. The van der Waals surface area contributed by atoms with Crippen LogP contribution in [0.4, 0.5) is 0 Å². The molecule has 1 atom stereocenters. The fraction of sp³-hybridized carbons (Fsp3) is 0.438. The number of thiazole rings is 1. The third-order valence-electron chi connectivity index (χ3n) is 4.07. The van der Waals surface area contributed by atoms with Gasteiger partial charge in [0.25, 0.3) is 0 Å². The van der Waals surface area contributed by atoms with Crippen LogP contribution in [0.25, 0.3) is 0 Å². The van der Waals surface area contributed by atoms with Crippen molar-refractivity contribution in [1.29, 1.82) is 0 Å². The number of nitrogens with one attached hydrogen (secondary N) is 1. The van der Waals surface area contributed by atoms with E-state index in [0.29, 0.717) is 12.1 Å². The summed E-state index contributed by atoms with van der Waals surface area (Å²) in [5.41, 5.74) is 2.96. The van der Waals surface area contributed by atoms with Crippen molar-refractivity contribution in [3.8, 4) is 0 Å². The molecule has 0 radical (unpaired) electrons. The quantitative estimate of drug-likeness (QED) is 0.908. The molecule has 1 heterocycles. The third-order valence-corrected chi connectivity index (χ3v) is 5.03. The van der Waals surface area contributed by atoms with E-state index in [1.165, 1.54) is 29.0 Å². The zero-order chi connectivity index (χ0) is 13.2. The molecule has 3 heteroatoms. The lowest BCUT2D eigenvalue weighted by Gasteiger charge is -2.38. The van der Waals surface area contributed by atoms with Gasteiger partial charge in [0.2, 0.25) is 0 Å². The Hall–Kier alpha value is -1.19. The Bertz CT molecular complexity index is 529. The van der Waals surface area contributed by atoms with Crippen LogP contribution in [0, 0.1) is 6.92 Å². The van der Waals surface area contributed by atoms with Crippen LogP contribution in [0.3, 0.4) is 0 Å². The van der Waals surface area contributed by atoms with Crippen LogP contribution < -0.4 is 5.32 Å². The molecule has 0 spiro atoms. The number of benzene rings is 1. The number of aromatic nitrogens is 1. The van der Waals surface area contributed by atoms with Crippen molar-refractivity contribution in [1.82, 2.24) is 10.3 Å². The van der Waals surface area contributed by atoms with Crippen molar-refractivity contribution in [2.45, 2.75) is 44.7 Å². The normalized spacial score (nSPS) is 23.9.